The molecule has 0 heterocycles. The molecular weight excluding hydrogens is 288 g/mol. The van der Waals surface area contributed by atoms with Gasteiger partial charge in [0.1, 0.15) is 0 Å². The molecule has 100 valence electrons. The second kappa shape index (κ2) is 5.78. The molecule has 0 saturated heterocycles. The van der Waals surface area contributed by atoms with Crippen LogP contribution in [0, 0.1) is 5.82 Å². The van der Waals surface area contributed by atoms with Crippen molar-refractivity contribution in [3.05, 3.63) is 63.4 Å². The highest BCUT2D eigenvalue weighted by atomic mass is 35.5. The summed E-state index contributed by atoms with van der Waals surface area (Å²) < 4.78 is 18.3. The number of nitrogens with two attached hydrogens (primary N) is 1. The largest absolute Gasteiger partial charge is 0.494 e. The first-order chi connectivity index (χ1) is 9.02. The van der Waals surface area contributed by atoms with Crippen molar-refractivity contribution in [2.45, 2.75) is 6.04 Å². The van der Waals surface area contributed by atoms with Crippen LogP contribution in [0.1, 0.15) is 17.2 Å². The maximum absolute atomic E-state index is 13.4. The van der Waals surface area contributed by atoms with E-state index in [0.29, 0.717) is 21.2 Å². The lowest BCUT2D eigenvalue weighted by atomic mass is 9.99. The molecule has 0 aliphatic heterocycles. The summed E-state index contributed by atoms with van der Waals surface area (Å²) in [5, 5.41) is 1.06. The molecule has 1 unspecified atom stereocenters. The van der Waals surface area contributed by atoms with Gasteiger partial charge in [0.2, 0.25) is 0 Å². The molecule has 2 aromatic rings. The molecule has 0 aromatic heterocycles. The molecule has 19 heavy (non-hydrogen) atoms. The van der Waals surface area contributed by atoms with Gasteiger partial charge in [0.25, 0.3) is 0 Å². The zero-order chi connectivity index (χ0) is 14.0. The van der Waals surface area contributed by atoms with Gasteiger partial charge in [-0.25, -0.2) is 4.39 Å². The number of methoxy groups -OCH3 is 1. The number of hydrogen-bond acceptors (Lipinski definition) is 2. The average Bonchev–Trinajstić information content (AvgIpc) is 2.41. The van der Waals surface area contributed by atoms with E-state index in [1.807, 2.05) is 0 Å². The highest BCUT2D eigenvalue weighted by Crippen LogP contribution is 2.31. The van der Waals surface area contributed by atoms with Crippen LogP contribution in [0.25, 0.3) is 0 Å². The molecule has 2 N–H and O–H groups in total. The van der Waals surface area contributed by atoms with Gasteiger partial charge < -0.3 is 10.5 Å². The molecule has 5 heteroatoms. The zero-order valence-corrected chi connectivity index (χ0v) is 11.7. The van der Waals surface area contributed by atoms with Gasteiger partial charge in [-0.15, -0.1) is 0 Å². The quantitative estimate of drug-likeness (QED) is 0.922. The summed E-state index contributed by atoms with van der Waals surface area (Å²) in [6, 6.07) is 9.03. The molecular formula is C14H12Cl2FNO. The molecule has 2 aromatic carbocycles. The van der Waals surface area contributed by atoms with Crippen LogP contribution in [-0.2, 0) is 0 Å². The van der Waals surface area contributed by atoms with Crippen molar-refractivity contribution in [1.29, 1.82) is 0 Å². The van der Waals surface area contributed by atoms with Gasteiger partial charge in [-0.1, -0.05) is 29.3 Å². The lowest BCUT2D eigenvalue weighted by Gasteiger charge is -2.15. The molecule has 0 bridgehead atoms. The van der Waals surface area contributed by atoms with Crippen LogP contribution in [0.5, 0.6) is 5.75 Å². The monoisotopic (exact) mass is 299 g/mol. The first kappa shape index (κ1) is 14.1. The summed E-state index contributed by atoms with van der Waals surface area (Å²) in [4.78, 5) is 0. The van der Waals surface area contributed by atoms with Gasteiger partial charge in [0, 0.05) is 10.0 Å². The van der Waals surface area contributed by atoms with Crippen LogP contribution in [0.2, 0.25) is 10.0 Å². The van der Waals surface area contributed by atoms with Crippen LogP contribution in [-0.4, -0.2) is 7.11 Å². The second-order valence-corrected chi connectivity index (χ2v) is 4.88. The number of rotatable bonds is 3. The maximum atomic E-state index is 13.4. The fourth-order valence-corrected chi connectivity index (χ4v) is 2.22. The summed E-state index contributed by atoms with van der Waals surface area (Å²) in [6.45, 7) is 0. The van der Waals surface area contributed by atoms with Crippen molar-refractivity contribution in [3.8, 4) is 5.75 Å². The third-order valence-electron chi connectivity index (χ3n) is 2.83. The summed E-state index contributed by atoms with van der Waals surface area (Å²) in [5.74, 6) is -0.290. The third kappa shape index (κ3) is 3.00. The molecule has 0 aliphatic rings. The fourth-order valence-electron chi connectivity index (χ4n) is 1.80. The van der Waals surface area contributed by atoms with E-state index in [4.69, 9.17) is 33.7 Å². The van der Waals surface area contributed by atoms with Crippen molar-refractivity contribution in [2.75, 3.05) is 7.11 Å². The minimum atomic E-state index is -0.499. The Kier molecular flexibility index (Phi) is 4.30. The van der Waals surface area contributed by atoms with Crippen LogP contribution < -0.4 is 10.5 Å². The zero-order valence-electron chi connectivity index (χ0n) is 10.2. The van der Waals surface area contributed by atoms with E-state index < -0.39 is 11.9 Å². The number of ether oxygens (including phenoxy) is 1. The van der Waals surface area contributed by atoms with E-state index in [9.17, 15) is 4.39 Å². The van der Waals surface area contributed by atoms with Gasteiger partial charge in [-0.2, -0.15) is 0 Å². The Labute approximate surface area is 120 Å². The van der Waals surface area contributed by atoms with Gasteiger partial charge in [0.05, 0.1) is 13.2 Å². The van der Waals surface area contributed by atoms with Crippen LogP contribution in [0.15, 0.2) is 36.4 Å². The Morgan fingerprint density at radius 2 is 1.89 bits per heavy atom. The molecule has 0 amide bonds. The van der Waals surface area contributed by atoms with Gasteiger partial charge in [-0.05, 0) is 41.5 Å². The summed E-state index contributed by atoms with van der Waals surface area (Å²) in [6.07, 6.45) is 0. The number of halogens is 3. The SMILES string of the molecule is COc1cc(C(N)c2cc(Cl)ccc2Cl)ccc1F. The molecule has 0 saturated carbocycles. The molecule has 2 rings (SSSR count). The summed E-state index contributed by atoms with van der Waals surface area (Å²) in [7, 11) is 1.40. The third-order valence-corrected chi connectivity index (χ3v) is 3.41. The van der Waals surface area contributed by atoms with E-state index in [1.54, 1.807) is 30.3 Å². The van der Waals surface area contributed by atoms with Crippen LogP contribution >= 0.6 is 23.2 Å². The molecule has 0 fully saturated rings. The summed E-state index contributed by atoms with van der Waals surface area (Å²) >= 11 is 12.0. The lowest BCUT2D eigenvalue weighted by molar-refractivity contribution is 0.385. The normalized spacial score (nSPS) is 12.3. The van der Waals surface area contributed by atoms with E-state index in [-0.39, 0.29) is 5.75 Å². The number of hydrogen-bond donors (Lipinski definition) is 1. The van der Waals surface area contributed by atoms with Crippen molar-refractivity contribution in [1.82, 2.24) is 0 Å². The number of benzene rings is 2. The maximum Gasteiger partial charge on any atom is 0.165 e. The van der Waals surface area contributed by atoms with E-state index in [1.165, 1.54) is 13.2 Å². The van der Waals surface area contributed by atoms with Crippen molar-refractivity contribution in [2.24, 2.45) is 5.73 Å². The Hall–Kier alpha value is -1.29. The Morgan fingerprint density at radius 3 is 2.58 bits per heavy atom. The smallest absolute Gasteiger partial charge is 0.165 e. The van der Waals surface area contributed by atoms with Gasteiger partial charge in [-0.3, -0.25) is 0 Å². The Balaban J connectivity index is 2.43. The summed E-state index contributed by atoms with van der Waals surface area (Å²) in [5.41, 5.74) is 7.52. The van der Waals surface area contributed by atoms with Crippen molar-refractivity contribution >= 4 is 23.2 Å². The van der Waals surface area contributed by atoms with E-state index in [2.05, 4.69) is 0 Å². The first-order valence-corrected chi connectivity index (χ1v) is 6.32. The Morgan fingerprint density at radius 1 is 1.16 bits per heavy atom. The lowest BCUT2D eigenvalue weighted by Crippen LogP contribution is -2.12. The predicted molar refractivity (Wildman–Crippen MR) is 75.4 cm³/mol. The average molecular weight is 300 g/mol. The topological polar surface area (TPSA) is 35.2 Å². The molecule has 1 atom stereocenters. The van der Waals surface area contributed by atoms with E-state index in [0.717, 1.165) is 0 Å². The predicted octanol–water partition coefficient (Wildman–Crippen LogP) is 4.19. The fraction of sp³-hybridized carbons (Fsp3) is 0.143. The highest BCUT2D eigenvalue weighted by Gasteiger charge is 2.15. The second-order valence-electron chi connectivity index (χ2n) is 4.04. The minimum Gasteiger partial charge on any atom is -0.494 e. The first-order valence-electron chi connectivity index (χ1n) is 5.57. The van der Waals surface area contributed by atoms with Crippen molar-refractivity contribution in [3.63, 3.8) is 0 Å². The van der Waals surface area contributed by atoms with Crippen LogP contribution in [0.4, 0.5) is 4.39 Å². The molecule has 0 aliphatic carbocycles. The molecule has 0 spiro atoms. The van der Waals surface area contributed by atoms with Crippen molar-refractivity contribution < 1.29 is 9.13 Å². The highest BCUT2D eigenvalue weighted by molar-refractivity contribution is 6.33. The van der Waals surface area contributed by atoms with Gasteiger partial charge >= 0.3 is 0 Å². The van der Waals surface area contributed by atoms with Gasteiger partial charge in [0.15, 0.2) is 11.6 Å². The van der Waals surface area contributed by atoms with Crippen LogP contribution in [0.3, 0.4) is 0 Å². The minimum absolute atomic E-state index is 0.145. The molecule has 0 radical (unpaired) electrons. The van der Waals surface area contributed by atoms with E-state index >= 15 is 0 Å². The Bertz CT molecular complexity index is 604. The molecule has 2 nitrogen and oxygen atoms in total. The standard InChI is InChI=1S/C14H12Cl2FNO/c1-19-13-6-8(2-5-12(13)17)14(18)10-7-9(15)3-4-11(10)16/h2-7,14H,18H2,1H3.